The lowest BCUT2D eigenvalue weighted by Crippen LogP contribution is -1.92. The number of rotatable bonds is 1. The van der Waals surface area contributed by atoms with Gasteiger partial charge in [0.05, 0.1) is 10.9 Å². The zero-order valence-corrected chi connectivity index (χ0v) is 8.04. The first-order valence-corrected chi connectivity index (χ1v) is 4.27. The van der Waals surface area contributed by atoms with Gasteiger partial charge in [-0.05, 0) is 29.8 Å². The molecule has 0 saturated carbocycles. The van der Waals surface area contributed by atoms with E-state index in [0.29, 0.717) is 16.5 Å². The van der Waals surface area contributed by atoms with Crippen LogP contribution in [0.4, 0.5) is 0 Å². The Hall–Kier alpha value is -1.55. The number of fused-ring (bicyclic) bond motifs is 1. The predicted molar refractivity (Wildman–Crippen MR) is 51.6 cm³/mol. The molecule has 2 aromatic rings. The smallest absolute Gasteiger partial charge is 0.336 e. The molecule has 0 fully saturated rings. The van der Waals surface area contributed by atoms with Crippen LogP contribution in [0.2, 0.25) is 0 Å². The van der Waals surface area contributed by atoms with E-state index in [4.69, 9.17) is 16.1 Å². The van der Waals surface area contributed by atoms with Crippen LogP contribution in [0.5, 0.6) is 0 Å². The van der Waals surface area contributed by atoms with Gasteiger partial charge in [-0.2, -0.15) is 0 Å². The molecule has 0 atom stereocenters. The van der Waals surface area contributed by atoms with Crippen molar-refractivity contribution in [1.82, 2.24) is 4.74 Å². The Bertz CT molecular complexity index is 567. The van der Waals surface area contributed by atoms with Crippen LogP contribution in [-0.4, -0.2) is 9.98 Å². The molecule has 5 heteroatoms. The van der Waals surface area contributed by atoms with Gasteiger partial charge in [0.1, 0.15) is 0 Å². The van der Waals surface area contributed by atoms with Gasteiger partial charge in [-0.15, -0.1) is 0 Å². The maximum absolute atomic E-state index is 11.2. The molecule has 0 aliphatic rings. The minimum Gasteiger partial charge on any atom is -0.336 e. The summed E-state index contributed by atoms with van der Waals surface area (Å²) in [5.74, 6) is 0. The first-order valence-electron chi connectivity index (χ1n) is 3.89. The first-order chi connectivity index (χ1) is 6.59. The molecular weight excluding hydrogens is 206 g/mol. The summed E-state index contributed by atoms with van der Waals surface area (Å²) in [6, 6.07) is 4.54. The maximum Gasteiger partial charge on any atom is 0.365 e. The van der Waals surface area contributed by atoms with Crippen LogP contribution in [0.3, 0.4) is 0 Å². The molecule has 4 nitrogen and oxygen atoms in total. The van der Waals surface area contributed by atoms with Crippen LogP contribution in [0, 0.1) is 0 Å². The summed E-state index contributed by atoms with van der Waals surface area (Å²) < 4.78 is 6.11. The fraction of sp³-hybridized carbons (Fsp3) is 0.111. The minimum absolute atomic E-state index is 0.343. The van der Waals surface area contributed by atoms with Gasteiger partial charge in [-0.25, -0.2) is 9.53 Å². The van der Waals surface area contributed by atoms with Crippen molar-refractivity contribution in [3.8, 4) is 0 Å². The minimum atomic E-state index is -0.555. The van der Waals surface area contributed by atoms with E-state index in [1.54, 1.807) is 7.05 Å². The molecule has 0 bridgehead atoms. The van der Waals surface area contributed by atoms with E-state index in [1.165, 1.54) is 22.9 Å². The molecule has 0 amide bonds. The highest BCUT2D eigenvalue weighted by molar-refractivity contribution is 6.67. The van der Waals surface area contributed by atoms with Gasteiger partial charge in [0.25, 0.3) is 5.24 Å². The van der Waals surface area contributed by atoms with E-state index in [0.717, 1.165) is 0 Å². The van der Waals surface area contributed by atoms with E-state index in [-0.39, 0.29) is 0 Å². The van der Waals surface area contributed by atoms with Crippen molar-refractivity contribution in [2.45, 2.75) is 0 Å². The van der Waals surface area contributed by atoms with Gasteiger partial charge < -0.3 is 4.52 Å². The average molecular weight is 212 g/mol. The largest absolute Gasteiger partial charge is 0.365 e. The van der Waals surface area contributed by atoms with Gasteiger partial charge in [0, 0.05) is 12.6 Å². The second-order valence-corrected chi connectivity index (χ2v) is 3.23. The summed E-state index contributed by atoms with van der Waals surface area (Å²) in [6.07, 6.45) is 0. The molecule has 14 heavy (non-hydrogen) atoms. The lowest BCUT2D eigenvalue weighted by Gasteiger charge is -1.94. The van der Waals surface area contributed by atoms with Crippen molar-refractivity contribution >= 4 is 27.7 Å². The standard InChI is InChI=1S/C9H6ClNO3/c1-11-7-4-5(8(10)12)2-3-6(7)9(13)14-11/h2-4H,1H3. The summed E-state index contributed by atoms with van der Waals surface area (Å²) in [7, 11) is 1.59. The number of hydrogen-bond acceptors (Lipinski definition) is 3. The zero-order chi connectivity index (χ0) is 10.3. The Kier molecular flexibility index (Phi) is 1.93. The number of aromatic nitrogens is 1. The van der Waals surface area contributed by atoms with Crippen LogP contribution in [-0.2, 0) is 7.05 Å². The van der Waals surface area contributed by atoms with E-state index in [1.807, 2.05) is 0 Å². The Morgan fingerprint density at radius 1 is 1.50 bits per heavy atom. The molecule has 0 aliphatic heterocycles. The van der Waals surface area contributed by atoms with Gasteiger partial charge >= 0.3 is 5.63 Å². The second-order valence-electron chi connectivity index (χ2n) is 2.88. The van der Waals surface area contributed by atoms with Crippen molar-refractivity contribution < 1.29 is 9.32 Å². The number of halogens is 1. The molecule has 1 heterocycles. The number of carbonyl (C=O) groups excluding carboxylic acids is 1. The van der Waals surface area contributed by atoms with Crippen LogP contribution in [0.25, 0.3) is 10.9 Å². The molecule has 1 aromatic carbocycles. The fourth-order valence-corrected chi connectivity index (χ4v) is 1.43. The van der Waals surface area contributed by atoms with E-state index < -0.39 is 10.9 Å². The fourth-order valence-electron chi connectivity index (χ4n) is 1.31. The number of carbonyl (C=O) groups is 1. The summed E-state index contributed by atoms with van der Waals surface area (Å²) in [5.41, 5.74) is 0.480. The highest BCUT2D eigenvalue weighted by Crippen LogP contribution is 2.14. The lowest BCUT2D eigenvalue weighted by molar-refractivity contribution is 0.108. The summed E-state index contributed by atoms with van der Waals surface area (Å²) >= 11 is 5.31. The SMILES string of the molecule is Cn1oc(=O)c2ccc(C(=O)Cl)cc21. The highest BCUT2D eigenvalue weighted by Gasteiger charge is 2.09. The first kappa shape index (κ1) is 9.02. The Balaban J connectivity index is 2.83. The molecule has 2 rings (SSSR count). The van der Waals surface area contributed by atoms with Crippen LogP contribution >= 0.6 is 11.6 Å². The summed E-state index contributed by atoms with van der Waals surface area (Å²) in [6.45, 7) is 0. The monoisotopic (exact) mass is 211 g/mol. The normalized spacial score (nSPS) is 10.7. The molecule has 0 radical (unpaired) electrons. The van der Waals surface area contributed by atoms with E-state index >= 15 is 0 Å². The Morgan fingerprint density at radius 3 is 2.86 bits per heavy atom. The number of hydrogen-bond donors (Lipinski definition) is 0. The average Bonchev–Trinajstić information content (AvgIpc) is 2.42. The van der Waals surface area contributed by atoms with Crippen LogP contribution < -0.4 is 5.63 Å². The number of nitrogens with zero attached hydrogens (tertiary/aromatic N) is 1. The molecule has 0 aliphatic carbocycles. The Labute approximate surface area is 83.6 Å². The van der Waals surface area contributed by atoms with Crippen molar-refractivity contribution in [2.75, 3.05) is 0 Å². The van der Waals surface area contributed by atoms with Gasteiger partial charge in [-0.3, -0.25) is 4.79 Å². The van der Waals surface area contributed by atoms with Crippen molar-refractivity contribution in [1.29, 1.82) is 0 Å². The Morgan fingerprint density at radius 2 is 2.21 bits per heavy atom. The van der Waals surface area contributed by atoms with Crippen LogP contribution in [0.1, 0.15) is 10.4 Å². The second kappa shape index (κ2) is 2.99. The molecule has 1 aromatic heterocycles. The molecule has 0 N–H and O–H groups in total. The topological polar surface area (TPSA) is 52.2 Å². The lowest BCUT2D eigenvalue weighted by atomic mass is 10.2. The third-order valence-electron chi connectivity index (χ3n) is 2.00. The third-order valence-corrected chi connectivity index (χ3v) is 2.22. The van der Waals surface area contributed by atoms with Gasteiger partial charge in [0.2, 0.25) is 0 Å². The molecule has 0 unspecified atom stereocenters. The summed E-state index contributed by atoms with van der Waals surface area (Å²) in [4.78, 5) is 22.0. The predicted octanol–water partition coefficient (Wildman–Crippen LogP) is 1.51. The van der Waals surface area contributed by atoms with Crippen molar-refractivity contribution in [3.05, 3.63) is 34.2 Å². The number of aryl methyl sites for hydroxylation is 1. The van der Waals surface area contributed by atoms with Crippen molar-refractivity contribution in [2.24, 2.45) is 7.05 Å². The maximum atomic E-state index is 11.2. The number of benzene rings is 1. The summed E-state index contributed by atoms with van der Waals surface area (Å²) in [5, 5.41) is -0.116. The molecule has 72 valence electrons. The van der Waals surface area contributed by atoms with Gasteiger partial charge in [-0.1, -0.05) is 0 Å². The molecule has 0 spiro atoms. The molecule has 0 saturated heterocycles. The van der Waals surface area contributed by atoms with E-state index in [9.17, 15) is 9.59 Å². The van der Waals surface area contributed by atoms with E-state index in [2.05, 4.69) is 0 Å². The highest BCUT2D eigenvalue weighted by atomic mass is 35.5. The molecular formula is C9H6ClNO3. The zero-order valence-electron chi connectivity index (χ0n) is 7.28. The van der Waals surface area contributed by atoms with Crippen molar-refractivity contribution in [3.63, 3.8) is 0 Å². The quantitative estimate of drug-likeness (QED) is 0.672. The van der Waals surface area contributed by atoms with Gasteiger partial charge in [0.15, 0.2) is 0 Å². The third kappa shape index (κ3) is 1.24. The van der Waals surface area contributed by atoms with Crippen LogP contribution in [0.15, 0.2) is 27.5 Å².